The van der Waals surface area contributed by atoms with Gasteiger partial charge in [-0.2, -0.15) is 0 Å². The van der Waals surface area contributed by atoms with Gasteiger partial charge in [0, 0.05) is 23.6 Å². The van der Waals surface area contributed by atoms with Crippen LogP contribution in [0.4, 0.5) is 17.2 Å². The molecule has 110 valence electrons. The molecule has 0 aliphatic heterocycles. The van der Waals surface area contributed by atoms with E-state index in [0.29, 0.717) is 23.0 Å². The van der Waals surface area contributed by atoms with Crippen molar-refractivity contribution in [3.63, 3.8) is 0 Å². The minimum atomic E-state index is -0.272. The van der Waals surface area contributed by atoms with Crippen molar-refractivity contribution in [2.45, 2.75) is 6.92 Å². The van der Waals surface area contributed by atoms with Crippen LogP contribution >= 0.6 is 0 Å². The van der Waals surface area contributed by atoms with E-state index in [-0.39, 0.29) is 5.91 Å². The molecule has 2 aromatic heterocycles. The molecule has 0 fully saturated rings. The van der Waals surface area contributed by atoms with Crippen molar-refractivity contribution in [2.24, 2.45) is 0 Å². The number of amides is 1. The molecule has 0 spiro atoms. The summed E-state index contributed by atoms with van der Waals surface area (Å²) in [7, 11) is 0. The average molecular weight is 294 g/mol. The number of carbonyl (C=O) groups excluding carboxylic acids is 1. The zero-order chi connectivity index (χ0) is 15.4. The predicted molar refractivity (Wildman–Crippen MR) is 83.2 cm³/mol. The fourth-order valence-corrected chi connectivity index (χ4v) is 1.92. The molecule has 1 amide bonds. The van der Waals surface area contributed by atoms with Gasteiger partial charge in [0.05, 0.1) is 0 Å². The summed E-state index contributed by atoms with van der Waals surface area (Å²) < 4.78 is 4.99. The maximum absolute atomic E-state index is 12.2. The van der Waals surface area contributed by atoms with Crippen molar-refractivity contribution in [3.8, 4) is 0 Å². The molecule has 3 rings (SSSR count). The highest BCUT2D eigenvalue weighted by Gasteiger charge is 2.09. The van der Waals surface area contributed by atoms with Gasteiger partial charge in [-0.3, -0.25) is 9.78 Å². The van der Waals surface area contributed by atoms with Crippen molar-refractivity contribution >= 4 is 23.1 Å². The Morgan fingerprint density at radius 1 is 1.09 bits per heavy atom. The van der Waals surface area contributed by atoms with E-state index < -0.39 is 0 Å². The van der Waals surface area contributed by atoms with Gasteiger partial charge in [-0.05, 0) is 31.2 Å². The molecule has 6 heteroatoms. The highest BCUT2D eigenvalue weighted by Crippen LogP contribution is 2.17. The second-order valence-electron chi connectivity index (χ2n) is 4.70. The Kier molecular flexibility index (Phi) is 3.82. The number of benzene rings is 1. The lowest BCUT2D eigenvalue weighted by Crippen LogP contribution is -2.13. The summed E-state index contributed by atoms with van der Waals surface area (Å²) in [6.45, 7) is 1.81. The smallest absolute Gasteiger partial charge is 0.274 e. The molecule has 0 aliphatic carbocycles. The number of hydrogen-bond acceptors (Lipinski definition) is 5. The maximum Gasteiger partial charge on any atom is 0.274 e. The van der Waals surface area contributed by atoms with Gasteiger partial charge in [-0.1, -0.05) is 23.4 Å². The number of pyridine rings is 1. The number of nitrogens with one attached hydrogen (secondary N) is 2. The molecule has 0 saturated carbocycles. The van der Waals surface area contributed by atoms with E-state index in [1.54, 1.807) is 24.4 Å². The van der Waals surface area contributed by atoms with E-state index in [1.807, 2.05) is 37.3 Å². The summed E-state index contributed by atoms with van der Waals surface area (Å²) in [4.78, 5) is 16.3. The third-order valence-electron chi connectivity index (χ3n) is 2.92. The molecule has 0 bridgehead atoms. The van der Waals surface area contributed by atoms with Gasteiger partial charge >= 0.3 is 0 Å². The topological polar surface area (TPSA) is 80.0 Å². The zero-order valence-electron chi connectivity index (χ0n) is 11.9. The Balaban J connectivity index is 1.74. The van der Waals surface area contributed by atoms with Gasteiger partial charge in [0.15, 0.2) is 5.82 Å². The molecular formula is C16H14N4O2. The number of aryl methyl sites for hydroxylation is 1. The molecule has 0 aliphatic rings. The molecule has 0 saturated heterocycles. The van der Waals surface area contributed by atoms with E-state index in [4.69, 9.17) is 4.52 Å². The van der Waals surface area contributed by atoms with Crippen LogP contribution in [0.1, 0.15) is 16.2 Å². The van der Waals surface area contributed by atoms with Crippen LogP contribution in [-0.4, -0.2) is 16.0 Å². The minimum Gasteiger partial charge on any atom is -0.360 e. The first kappa shape index (κ1) is 13.8. The van der Waals surface area contributed by atoms with Crippen LogP contribution < -0.4 is 10.6 Å². The van der Waals surface area contributed by atoms with Crippen LogP contribution in [0.2, 0.25) is 0 Å². The van der Waals surface area contributed by atoms with Crippen molar-refractivity contribution in [1.82, 2.24) is 10.1 Å². The standard InChI is InChI=1S/C16H14N4O2/c1-11-9-15(20-22-11)18-13-7-8-17-14(10-13)16(21)19-12-5-3-2-4-6-12/h2-10H,1H3,(H,19,21)(H,17,18,20). The lowest BCUT2D eigenvalue weighted by Gasteiger charge is -2.06. The van der Waals surface area contributed by atoms with Crippen molar-refractivity contribution in [2.75, 3.05) is 10.6 Å². The van der Waals surface area contributed by atoms with Gasteiger partial charge in [0.2, 0.25) is 0 Å². The normalized spacial score (nSPS) is 10.2. The van der Waals surface area contributed by atoms with Crippen LogP contribution in [0.3, 0.4) is 0 Å². The van der Waals surface area contributed by atoms with Crippen LogP contribution in [-0.2, 0) is 0 Å². The molecule has 3 aromatic rings. The van der Waals surface area contributed by atoms with Gasteiger partial charge in [0.1, 0.15) is 11.5 Å². The second kappa shape index (κ2) is 6.09. The molecular weight excluding hydrogens is 280 g/mol. The van der Waals surface area contributed by atoms with E-state index in [2.05, 4.69) is 20.8 Å². The number of carbonyl (C=O) groups is 1. The third kappa shape index (κ3) is 3.29. The summed E-state index contributed by atoms with van der Waals surface area (Å²) in [5.74, 6) is 1.02. The Labute approximate surface area is 127 Å². The Morgan fingerprint density at radius 3 is 2.64 bits per heavy atom. The summed E-state index contributed by atoms with van der Waals surface area (Å²) >= 11 is 0. The summed E-state index contributed by atoms with van der Waals surface area (Å²) in [5, 5.41) is 9.70. The maximum atomic E-state index is 12.2. The second-order valence-corrected chi connectivity index (χ2v) is 4.70. The molecule has 0 radical (unpaired) electrons. The number of rotatable bonds is 4. The van der Waals surface area contributed by atoms with Gasteiger partial charge in [0.25, 0.3) is 5.91 Å². The molecule has 22 heavy (non-hydrogen) atoms. The quantitative estimate of drug-likeness (QED) is 0.771. The van der Waals surface area contributed by atoms with E-state index in [9.17, 15) is 4.79 Å². The lowest BCUT2D eigenvalue weighted by atomic mass is 10.2. The number of hydrogen-bond donors (Lipinski definition) is 2. The highest BCUT2D eigenvalue weighted by molar-refractivity contribution is 6.03. The first-order chi connectivity index (χ1) is 10.7. The first-order valence-electron chi connectivity index (χ1n) is 6.73. The SMILES string of the molecule is Cc1cc(Nc2ccnc(C(=O)Nc3ccccc3)c2)no1. The van der Waals surface area contributed by atoms with Crippen molar-refractivity contribution in [1.29, 1.82) is 0 Å². The van der Waals surface area contributed by atoms with Crippen LogP contribution in [0.15, 0.2) is 59.3 Å². The number of aromatic nitrogens is 2. The van der Waals surface area contributed by atoms with Crippen LogP contribution in [0.5, 0.6) is 0 Å². The summed E-state index contributed by atoms with van der Waals surface area (Å²) in [6.07, 6.45) is 1.56. The Hall–Kier alpha value is -3.15. The third-order valence-corrected chi connectivity index (χ3v) is 2.92. The van der Waals surface area contributed by atoms with Crippen molar-refractivity contribution < 1.29 is 9.32 Å². The van der Waals surface area contributed by atoms with Gasteiger partial charge in [-0.15, -0.1) is 0 Å². The average Bonchev–Trinajstić information content (AvgIpc) is 2.93. The lowest BCUT2D eigenvalue weighted by molar-refractivity contribution is 0.102. The molecule has 0 atom stereocenters. The fraction of sp³-hybridized carbons (Fsp3) is 0.0625. The molecule has 1 aromatic carbocycles. The molecule has 2 heterocycles. The number of nitrogens with zero attached hydrogens (tertiary/aromatic N) is 2. The first-order valence-corrected chi connectivity index (χ1v) is 6.73. The highest BCUT2D eigenvalue weighted by atomic mass is 16.5. The van der Waals surface area contributed by atoms with Crippen LogP contribution in [0.25, 0.3) is 0 Å². The number of anilines is 3. The monoisotopic (exact) mass is 294 g/mol. The van der Waals surface area contributed by atoms with E-state index in [0.717, 1.165) is 5.69 Å². The van der Waals surface area contributed by atoms with Crippen LogP contribution in [0, 0.1) is 6.92 Å². The molecule has 2 N–H and O–H groups in total. The Morgan fingerprint density at radius 2 is 1.91 bits per heavy atom. The minimum absolute atomic E-state index is 0.272. The summed E-state index contributed by atoms with van der Waals surface area (Å²) in [6, 6.07) is 14.4. The molecule has 6 nitrogen and oxygen atoms in total. The summed E-state index contributed by atoms with van der Waals surface area (Å²) in [5.41, 5.74) is 1.75. The Bertz CT molecular complexity index is 784. The largest absolute Gasteiger partial charge is 0.360 e. The zero-order valence-corrected chi connectivity index (χ0v) is 11.9. The fourth-order valence-electron chi connectivity index (χ4n) is 1.92. The van der Waals surface area contributed by atoms with E-state index in [1.165, 1.54) is 0 Å². The predicted octanol–water partition coefficient (Wildman–Crippen LogP) is 3.37. The number of para-hydroxylation sites is 1. The van der Waals surface area contributed by atoms with Crippen molar-refractivity contribution in [3.05, 3.63) is 66.2 Å². The van der Waals surface area contributed by atoms with E-state index >= 15 is 0 Å². The van der Waals surface area contributed by atoms with Gasteiger partial charge in [-0.25, -0.2) is 0 Å². The van der Waals surface area contributed by atoms with Gasteiger partial charge < -0.3 is 15.2 Å². The molecule has 0 unspecified atom stereocenters.